The van der Waals surface area contributed by atoms with E-state index < -0.39 is 0 Å². The fourth-order valence-electron chi connectivity index (χ4n) is 3.24. The summed E-state index contributed by atoms with van der Waals surface area (Å²) in [6.07, 6.45) is 2.66. The Labute approximate surface area is 138 Å². The molecule has 0 spiro atoms. The van der Waals surface area contributed by atoms with Gasteiger partial charge in [-0.3, -0.25) is 4.79 Å². The zero-order chi connectivity index (χ0) is 16.4. The average molecular weight is 305 g/mol. The number of benzene rings is 2. The van der Waals surface area contributed by atoms with Gasteiger partial charge in [0.1, 0.15) is 0 Å². The zero-order valence-electron chi connectivity index (χ0n) is 14.0. The predicted molar refractivity (Wildman–Crippen MR) is 94.3 cm³/mol. The van der Waals surface area contributed by atoms with E-state index in [4.69, 9.17) is 0 Å². The number of carbonyl (C=O) groups excluding carboxylic acids is 1. The molecule has 1 aliphatic rings. The lowest BCUT2D eigenvalue weighted by Gasteiger charge is -2.37. The van der Waals surface area contributed by atoms with Crippen molar-refractivity contribution in [2.45, 2.75) is 33.2 Å². The van der Waals surface area contributed by atoms with Crippen LogP contribution in [0.1, 0.15) is 42.1 Å². The highest BCUT2D eigenvalue weighted by atomic mass is 16.2. The standard InChI is InChI=1S/C21H23NO/c1-15(2)14-20(23)22-13-12-17-6-4-5-7-19(17)21(22)18-10-8-16(3)9-11-18/h4-11,14,21H,12-13H2,1-3H3/t21-/m0/s1. The molecule has 3 rings (SSSR count). The molecular weight excluding hydrogens is 282 g/mol. The largest absolute Gasteiger partial charge is 0.328 e. The van der Waals surface area contributed by atoms with Crippen molar-refractivity contribution in [2.24, 2.45) is 0 Å². The van der Waals surface area contributed by atoms with Crippen LogP contribution in [0.25, 0.3) is 0 Å². The number of carbonyl (C=O) groups is 1. The lowest BCUT2D eigenvalue weighted by Crippen LogP contribution is -2.39. The predicted octanol–water partition coefficient (Wildman–Crippen LogP) is 4.44. The molecule has 0 unspecified atom stereocenters. The summed E-state index contributed by atoms with van der Waals surface area (Å²) < 4.78 is 0. The summed E-state index contributed by atoms with van der Waals surface area (Å²) in [5, 5.41) is 0. The van der Waals surface area contributed by atoms with E-state index in [0.29, 0.717) is 0 Å². The average Bonchev–Trinajstić information content (AvgIpc) is 2.54. The maximum absolute atomic E-state index is 12.7. The molecule has 0 fully saturated rings. The quantitative estimate of drug-likeness (QED) is 0.751. The van der Waals surface area contributed by atoms with E-state index in [2.05, 4.69) is 55.5 Å². The first kappa shape index (κ1) is 15.5. The number of hydrogen-bond acceptors (Lipinski definition) is 1. The Morgan fingerprint density at radius 1 is 1.09 bits per heavy atom. The van der Waals surface area contributed by atoms with Crippen molar-refractivity contribution in [3.63, 3.8) is 0 Å². The van der Waals surface area contributed by atoms with Gasteiger partial charge in [-0.15, -0.1) is 0 Å². The first-order chi connectivity index (χ1) is 11.1. The molecule has 1 amide bonds. The Balaban J connectivity index is 2.08. The van der Waals surface area contributed by atoms with Crippen LogP contribution in [0, 0.1) is 6.92 Å². The molecule has 1 heterocycles. The van der Waals surface area contributed by atoms with Crippen LogP contribution in [0.2, 0.25) is 0 Å². The second-order valence-corrected chi connectivity index (χ2v) is 6.52. The number of amides is 1. The first-order valence-corrected chi connectivity index (χ1v) is 8.16. The number of fused-ring (bicyclic) bond motifs is 1. The minimum atomic E-state index is 0.00338. The molecule has 0 saturated carbocycles. The van der Waals surface area contributed by atoms with Crippen LogP contribution in [0.15, 0.2) is 60.2 Å². The SMILES string of the molecule is CC(C)=CC(=O)N1CCc2ccccc2[C@@H]1c1ccc(C)cc1. The van der Waals surface area contributed by atoms with Gasteiger partial charge >= 0.3 is 0 Å². The summed E-state index contributed by atoms with van der Waals surface area (Å²) >= 11 is 0. The third-order valence-electron chi connectivity index (χ3n) is 4.37. The van der Waals surface area contributed by atoms with E-state index in [0.717, 1.165) is 18.5 Å². The Morgan fingerprint density at radius 3 is 2.48 bits per heavy atom. The van der Waals surface area contributed by atoms with Gasteiger partial charge in [-0.2, -0.15) is 0 Å². The number of hydrogen-bond donors (Lipinski definition) is 0. The maximum atomic E-state index is 12.7. The molecule has 2 aromatic carbocycles. The zero-order valence-corrected chi connectivity index (χ0v) is 14.0. The topological polar surface area (TPSA) is 20.3 Å². The van der Waals surface area contributed by atoms with E-state index in [1.165, 1.54) is 22.3 Å². The van der Waals surface area contributed by atoms with Crippen LogP contribution in [0.5, 0.6) is 0 Å². The highest BCUT2D eigenvalue weighted by molar-refractivity contribution is 5.89. The third kappa shape index (κ3) is 3.21. The second-order valence-electron chi connectivity index (χ2n) is 6.52. The van der Waals surface area contributed by atoms with E-state index >= 15 is 0 Å². The molecule has 0 radical (unpaired) electrons. The minimum Gasteiger partial charge on any atom is -0.328 e. The molecule has 23 heavy (non-hydrogen) atoms. The summed E-state index contributed by atoms with van der Waals surface area (Å²) in [7, 11) is 0. The number of allylic oxidation sites excluding steroid dienone is 1. The van der Waals surface area contributed by atoms with Crippen LogP contribution < -0.4 is 0 Å². The normalized spacial score (nSPS) is 16.7. The van der Waals surface area contributed by atoms with Gasteiger partial charge in [0.05, 0.1) is 6.04 Å². The van der Waals surface area contributed by atoms with E-state index in [1.54, 1.807) is 6.08 Å². The third-order valence-corrected chi connectivity index (χ3v) is 4.37. The molecule has 0 saturated heterocycles. The molecule has 1 atom stereocenters. The Morgan fingerprint density at radius 2 is 1.78 bits per heavy atom. The minimum absolute atomic E-state index is 0.00338. The van der Waals surface area contributed by atoms with Gasteiger partial charge in [-0.1, -0.05) is 59.7 Å². The van der Waals surface area contributed by atoms with Crippen molar-refractivity contribution in [1.29, 1.82) is 0 Å². The first-order valence-electron chi connectivity index (χ1n) is 8.16. The summed E-state index contributed by atoms with van der Waals surface area (Å²) in [6.45, 7) is 6.79. The molecule has 0 aromatic heterocycles. The molecule has 2 nitrogen and oxygen atoms in total. The van der Waals surface area contributed by atoms with Gasteiger partial charge in [0.25, 0.3) is 0 Å². The molecule has 0 bridgehead atoms. The fourth-order valence-corrected chi connectivity index (χ4v) is 3.24. The van der Waals surface area contributed by atoms with Crippen LogP contribution in [-0.4, -0.2) is 17.4 Å². The summed E-state index contributed by atoms with van der Waals surface area (Å²) in [5.74, 6) is 0.102. The fraction of sp³-hybridized carbons (Fsp3) is 0.286. The lowest BCUT2D eigenvalue weighted by molar-refractivity contribution is -0.128. The molecule has 2 aromatic rings. The van der Waals surface area contributed by atoms with E-state index in [-0.39, 0.29) is 11.9 Å². The lowest BCUT2D eigenvalue weighted by atomic mass is 9.88. The van der Waals surface area contributed by atoms with Crippen LogP contribution in [0.4, 0.5) is 0 Å². The Hall–Kier alpha value is -2.35. The van der Waals surface area contributed by atoms with Crippen molar-refractivity contribution in [1.82, 2.24) is 4.90 Å². The van der Waals surface area contributed by atoms with Gasteiger partial charge < -0.3 is 4.90 Å². The van der Waals surface area contributed by atoms with Gasteiger partial charge in [0.15, 0.2) is 0 Å². The highest BCUT2D eigenvalue weighted by Crippen LogP contribution is 2.35. The van der Waals surface area contributed by atoms with Crippen molar-refractivity contribution in [2.75, 3.05) is 6.54 Å². The molecular formula is C21H23NO. The van der Waals surface area contributed by atoms with Gasteiger partial charge in [0, 0.05) is 12.6 Å². The number of rotatable bonds is 2. The summed E-state index contributed by atoms with van der Waals surface area (Å²) in [4.78, 5) is 14.7. The second kappa shape index (κ2) is 6.41. The molecule has 1 aliphatic heterocycles. The number of aryl methyl sites for hydroxylation is 1. The molecule has 0 aliphatic carbocycles. The summed E-state index contributed by atoms with van der Waals surface area (Å²) in [6, 6.07) is 17.0. The van der Waals surface area contributed by atoms with Gasteiger partial charge in [-0.05, 0) is 43.9 Å². The van der Waals surface area contributed by atoms with Gasteiger partial charge in [0.2, 0.25) is 5.91 Å². The van der Waals surface area contributed by atoms with Crippen LogP contribution >= 0.6 is 0 Å². The highest BCUT2D eigenvalue weighted by Gasteiger charge is 2.30. The van der Waals surface area contributed by atoms with E-state index in [1.807, 2.05) is 18.7 Å². The Kier molecular flexibility index (Phi) is 4.33. The number of nitrogens with zero attached hydrogens (tertiary/aromatic N) is 1. The van der Waals surface area contributed by atoms with Gasteiger partial charge in [-0.25, -0.2) is 0 Å². The molecule has 2 heteroatoms. The van der Waals surface area contributed by atoms with Crippen molar-refractivity contribution in [3.8, 4) is 0 Å². The monoisotopic (exact) mass is 305 g/mol. The van der Waals surface area contributed by atoms with E-state index in [9.17, 15) is 4.79 Å². The molecule has 0 N–H and O–H groups in total. The summed E-state index contributed by atoms with van der Waals surface area (Å²) in [5.41, 5.74) is 6.05. The van der Waals surface area contributed by atoms with Crippen LogP contribution in [0.3, 0.4) is 0 Å². The van der Waals surface area contributed by atoms with Crippen molar-refractivity contribution < 1.29 is 4.79 Å². The smallest absolute Gasteiger partial charge is 0.247 e. The molecule has 118 valence electrons. The van der Waals surface area contributed by atoms with Crippen molar-refractivity contribution in [3.05, 3.63) is 82.4 Å². The van der Waals surface area contributed by atoms with Crippen LogP contribution in [-0.2, 0) is 11.2 Å². The maximum Gasteiger partial charge on any atom is 0.247 e. The Bertz CT molecular complexity index is 739. The van der Waals surface area contributed by atoms with Crippen molar-refractivity contribution >= 4 is 5.91 Å².